The minimum atomic E-state index is -4.49. The van der Waals surface area contributed by atoms with Gasteiger partial charge in [-0.1, -0.05) is 29.8 Å². The zero-order chi connectivity index (χ0) is 20.7. The van der Waals surface area contributed by atoms with Crippen molar-refractivity contribution in [3.8, 4) is 5.88 Å². The smallest absolute Gasteiger partial charge is 0.422 e. The molecule has 0 aliphatic heterocycles. The van der Waals surface area contributed by atoms with E-state index in [1.165, 1.54) is 6.07 Å². The van der Waals surface area contributed by atoms with Gasteiger partial charge in [-0.25, -0.2) is 4.98 Å². The molecule has 1 heterocycles. The van der Waals surface area contributed by atoms with E-state index in [-0.39, 0.29) is 24.4 Å². The molecule has 2 rings (SSSR count). The Balaban J connectivity index is 1.92. The second-order valence-corrected chi connectivity index (χ2v) is 6.23. The molecule has 2 aromatic rings. The number of pyridine rings is 1. The first-order valence-electron chi connectivity index (χ1n) is 8.36. The van der Waals surface area contributed by atoms with Crippen molar-refractivity contribution in [2.45, 2.75) is 19.5 Å². The number of hydrogen-bond donors (Lipinski definition) is 2. The Morgan fingerprint density at radius 2 is 2.00 bits per heavy atom. The van der Waals surface area contributed by atoms with Gasteiger partial charge in [-0.05, 0) is 25.0 Å². The summed E-state index contributed by atoms with van der Waals surface area (Å²) in [5, 5.41) is 11.9. The molecular weight excluding hydrogens is 377 g/mol. The Hall–Kier alpha value is -3.10. The van der Waals surface area contributed by atoms with Crippen LogP contribution >= 0.6 is 0 Å². The van der Waals surface area contributed by atoms with Crippen molar-refractivity contribution >= 4 is 11.9 Å². The number of aryl methyl sites for hydroxylation is 1. The summed E-state index contributed by atoms with van der Waals surface area (Å²) in [6, 6.07) is 9.81. The van der Waals surface area contributed by atoms with E-state index >= 15 is 0 Å². The first-order valence-corrected chi connectivity index (χ1v) is 8.36. The molecule has 0 aliphatic carbocycles. The van der Waals surface area contributed by atoms with E-state index in [1.807, 2.05) is 31.2 Å². The highest BCUT2D eigenvalue weighted by Gasteiger charge is 2.28. The van der Waals surface area contributed by atoms with Crippen molar-refractivity contribution in [2.24, 2.45) is 5.92 Å². The molecular formula is C19H19F3N2O4. The van der Waals surface area contributed by atoms with Crippen molar-refractivity contribution in [3.05, 3.63) is 59.3 Å². The summed E-state index contributed by atoms with van der Waals surface area (Å²) < 4.78 is 40.8. The fourth-order valence-electron chi connectivity index (χ4n) is 2.44. The van der Waals surface area contributed by atoms with Crippen LogP contribution in [0, 0.1) is 12.8 Å². The predicted molar refractivity (Wildman–Crippen MR) is 94.1 cm³/mol. The van der Waals surface area contributed by atoms with Gasteiger partial charge in [-0.15, -0.1) is 0 Å². The number of nitrogens with one attached hydrogen (secondary N) is 1. The van der Waals surface area contributed by atoms with Gasteiger partial charge in [0.15, 0.2) is 6.61 Å². The van der Waals surface area contributed by atoms with Gasteiger partial charge in [0, 0.05) is 18.8 Å². The number of aromatic nitrogens is 1. The van der Waals surface area contributed by atoms with Crippen LogP contribution in [0.1, 0.15) is 21.5 Å². The van der Waals surface area contributed by atoms with Crippen molar-refractivity contribution < 1.29 is 32.6 Å². The van der Waals surface area contributed by atoms with Crippen molar-refractivity contribution in [1.29, 1.82) is 0 Å². The second kappa shape index (κ2) is 9.20. The maximum Gasteiger partial charge on any atom is 0.422 e. The van der Waals surface area contributed by atoms with Crippen molar-refractivity contribution in [3.63, 3.8) is 0 Å². The third kappa shape index (κ3) is 6.90. The lowest BCUT2D eigenvalue weighted by molar-refractivity contribution is -0.154. The number of nitrogens with zero attached hydrogens (tertiary/aromatic N) is 1. The third-order valence-corrected chi connectivity index (χ3v) is 3.81. The van der Waals surface area contributed by atoms with Gasteiger partial charge < -0.3 is 15.2 Å². The number of carboxylic acid groups (broad SMARTS) is 1. The maximum absolute atomic E-state index is 12.1. The fourth-order valence-corrected chi connectivity index (χ4v) is 2.44. The first-order chi connectivity index (χ1) is 13.1. The number of amides is 1. The number of aliphatic carboxylic acids is 1. The number of carboxylic acids is 1. The molecule has 1 aromatic carbocycles. The van der Waals surface area contributed by atoms with Crippen molar-refractivity contribution in [1.82, 2.24) is 10.3 Å². The average molecular weight is 396 g/mol. The summed E-state index contributed by atoms with van der Waals surface area (Å²) in [6.45, 7) is 0.315. The molecule has 0 fully saturated rings. The topological polar surface area (TPSA) is 88.5 Å². The van der Waals surface area contributed by atoms with Gasteiger partial charge in [0.05, 0.1) is 11.5 Å². The lowest BCUT2D eigenvalue weighted by Gasteiger charge is -2.14. The molecule has 1 atom stereocenters. The Morgan fingerprint density at radius 1 is 1.25 bits per heavy atom. The van der Waals surface area contributed by atoms with Crippen LogP contribution in [0.3, 0.4) is 0 Å². The first kappa shape index (κ1) is 21.2. The largest absolute Gasteiger partial charge is 0.481 e. The van der Waals surface area contributed by atoms with Gasteiger partial charge in [-0.3, -0.25) is 9.59 Å². The number of carbonyl (C=O) groups excluding carboxylic acids is 1. The highest BCUT2D eigenvalue weighted by Crippen LogP contribution is 2.17. The van der Waals surface area contributed by atoms with Gasteiger partial charge >= 0.3 is 12.1 Å². The van der Waals surface area contributed by atoms with Gasteiger partial charge in [0.25, 0.3) is 5.91 Å². The molecule has 28 heavy (non-hydrogen) atoms. The molecule has 0 radical (unpaired) electrons. The molecule has 1 aromatic heterocycles. The number of ether oxygens (including phenoxy) is 1. The van der Waals surface area contributed by atoms with Crippen LogP contribution in [-0.2, 0) is 11.2 Å². The van der Waals surface area contributed by atoms with Crippen LogP contribution < -0.4 is 10.1 Å². The predicted octanol–water partition coefficient (Wildman–Crippen LogP) is 3.00. The monoisotopic (exact) mass is 396 g/mol. The van der Waals surface area contributed by atoms with Gasteiger partial charge in [0.2, 0.25) is 5.88 Å². The maximum atomic E-state index is 12.1. The van der Waals surface area contributed by atoms with E-state index in [4.69, 9.17) is 0 Å². The summed E-state index contributed by atoms with van der Waals surface area (Å²) >= 11 is 0. The van der Waals surface area contributed by atoms with E-state index < -0.39 is 30.6 Å². The average Bonchev–Trinajstić information content (AvgIpc) is 2.63. The molecule has 0 aliphatic rings. The van der Waals surface area contributed by atoms with Crippen LogP contribution in [0.2, 0.25) is 0 Å². The molecule has 0 saturated carbocycles. The van der Waals surface area contributed by atoms with Crippen LogP contribution in [0.4, 0.5) is 13.2 Å². The van der Waals surface area contributed by atoms with Crippen LogP contribution in [-0.4, -0.2) is 41.3 Å². The minimum Gasteiger partial charge on any atom is -0.481 e. The number of hydrogen-bond acceptors (Lipinski definition) is 4. The van der Waals surface area contributed by atoms with E-state index in [0.29, 0.717) is 0 Å². The standard InChI is InChI=1S/C19H19F3N2O4/c1-12-3-2-4-13(7-12)8-15(18(26)27)10-24-17(25)14-5-6-16(23-9-14)28-11-19(20,21)22/h2-7,9,15H,8,10-11H2,1H3,(H,24,25)(H,26,27). The molecule has 6 nitrogen and oxygen atoms in total. The molecule has 0 bridgehead atoms. The summed E-state index contributed by atoms with van der Waals surface area (Å²) in [5.41, 5.74) is 1.93. The highest BCUT2D eigenvalue weighted by atomic mass is 19.4. The highest BCUT2D eigenvalue weighted by molar-refractivity contribution is 5.94. The van der Waals surface area contributed by atoms with E-state index in [2.05, 4.69) is 15.0 Å². The van der Waals surface area contributed by atoms with E-state index in [9.17, 15) is 27.9 Å². The van der Waals surface area contributed by atoms with Gasteiger partial charge in [-0.2, -0.15) is 13.2 Å². The molecule has 150 valence electrons. The number of halogens is 3. The van der Waals surface area contributed by atoms with Crippen LogP contribution in [0.5, 0.6) is 5.88 Å². The molecule has 9 heteroatoms. The Kier molecular flexibility index (Phi) is 6.97. The molecule has 1 unspecified atom stereocenters. The summed E-state index contributed by atoms with van der Waals surface area (Å²) in [6.07, 6.45) is -3.17. The summed E-state index contributed by atoms with van der Waals surface area (Å²) in [5.74, 6) is -2.72. The summed E-state index contributed by atoms with van der Waals surface area (Å²) in [4.78, 5) is 27.2. The normalized spacial score (nSPS) is 12.3. The second-order valence-electron chi connectivity index (χ2n) is 6.23. The number of carbonyl (C=O) groups is 2. The van der Waals surface area contributed by atoms with Crippen LogP contribution in [0.25, 0.3) is 0 Å². The molecule has 1 amide bonds. The number of benzene rings is 1. The lowest BCUT2D eigenvalue weighted by atomic mass is 9.98. The van der Waals surface area contributed by atoms with E-state index in [0.717, 1.165) is 23.4 Å². The van der Waals surface area contributed by atoms with E-state index in [1.54, 1.807) is 0 Å². The Morgan fingerprint density at radius 3 is 2.57 bits per heavy atom. The number of rotatable bonds is 8. The lowest BCUT2D eigenvalue weighted by Crippen LogP contribution is -2.34. The van der Waals surface area contributed by atoms with Crippen LogP contribution in [0.15, 0.2) is 42.6 Å². The van der Waals surface area contributed by atoms with Gasteiger partial charge in [0.1, 0.15) is 0 Å². The SMILES string of the molecule is Cc1cccc(CC(CNC(=O)c2ccc(OCC(F)(F)F)nc2)C(=O)O)c1. The minimum absolute atomic E-state index is 0.0825. The fraction of sp³-hybridized carbons (Fsp3) is 0.316. The molecule has 2 N–H and O–H groups in total. The summed E-state index contributed by atoms with van der Waals surface area (Å²) in [7, 11) is 0. The van der Waals surface area contributed by atoms with Crippen molar-refractivity contribution in [2.75, 3.05) is 13.2 Å². The molecule has 0 spiro atoms. The Labute approximate surface area is 159 Å². The third-order valence-electron chi connectivity index (χ3n) is 3.81. The molecule has 0 saturated heterocycles. The Bertz CT molecular complexity index is 823. The zero-order valence-corrected chi connectivity index (χ0v) is 15.0. The number of alkyl halides is 3. The quantitative estimate of drug-likeness (QED) is 0.716. The zero-order valence-electron chi connectivity index (χ0n) is 15.0.